The molecule has 1 aromatic carbocycles. The van der Waals surface area contributed by atoms with E-state index < -0.39 is 0 Å². The van der Waals surface area contributed by atoms with Crippen LogP contribution in [0, 0.1) is 0 Å². The van der Waals surface area contributed by atoms with Crippen LogP contribution in [-0.2, 0) is 4.74 Å². The highest BCUT2D eigenvalue weighted by atomic mass is 79.9. The van der Waals surface area contributed by atoms with Crippen LogP contribution in [0.25, 0.3) is 11.1 Å². The van der Waals surface area contributed by atoms with E-state index >= 15 is 0 Å². The number of ether oxygens (including phenoxy) is 1. The number of halogens is 3. The summed E-state index contributed by atoms with van der Waals surface area (Å²) >= 11 is 16.0. The minimum atomic E-state index is -0.0958. The molecule has 0 radical (unpaired) electrons. The number of hydrogen-bond donors (Lipinski definition) is 0. The Morgan fingerprint density at radius 3 is 2.55 bits per heavy atom. The molecule has 104 valence electrons. The van der Waals surface area contributed by atoms with Crippen molar-refractivity contribution in [2.45, 2.75) is 18.9 Å². The van der Waals surface area contributed by atoms with Gasteiger partial charge in [-0.25, -0.2) is 9.97 Å². The van der Waals surface area contributed by atoms with Crippen LogP contribution in [0.1, 0.15) is 24.8 Å². The summed E-state index contributed by atoms with van der Waals surface area (Å²) < 4.78 is 6.51. The van der Waals surface area contributed by atoms with E-state index in [-0.39, 0.29) is 6.10 Å². The Hall–Kier alpha value is -0.680. The van der Waals surface area contributed by atoms with Crippen molar-refractivity contribution in [1.29, 1.82) is 0 Å². The van der Waals surface area contributed by atoms with Crippen molar-refractivity contribution in [1.82, 2.24) is 9.97 Å². The van der Waals surface area contributed by atoms with E-state index in [1.807, 2.05) is 24.3 Å². The summed E-state index contributed by atoms with van der Waals surface area (Å²) in [5.41, 5.74) is 1.53. The molecule has 1 unspecified atom stereocenters. The molecular formula is C14H11BrCl2N2O. The van der Waals surface area contributed by atoms with E-state index in [0.29, 0.717) is 21.7 Å². The van der Waals surface area contributed by atoms with E-state index in [1.54, 1.807) is 0 Å². The van der Waals surface area contributed by atoms with Crippen LogP contribution in [0.15, 0.2) is 28.7 Å². The third kappa shape index (κ3) is 2.84. The molecule has 1 fully saturated rings. The first-order valence-corrected chi connectivity index (χ1v) is 7.80. The Kier molecular flexibility index (Phi) is 4.26. The van der Waals surface area contributed by atoms with Gasteiger partial charge in [0, 0.05) is 11.1 Å². The minimum absolute atomic E-state index is 0.0958. The van der Waals surface area contributed by atoms with E-state index in [2.05, 4.69) is 25.9 Å². The van der Waals surface area contributed by atoms with Gasteiger partial charge in [-0.1, -0.05) is 51.3 Å². The summed E-state index contributed by atoms with van der Waals surface area (Å²) in [6, 6.07) is 7.71. The SMILES string of the molecule is Clc1nc(C2CCCO2)nc(Cl)c1-c1cccc(Br)c1. The van der Waals surface area contributed by atoms with Crippen molar-refractivity contribution in [2.24, 2.45) is 0 Å². The minimum Gasteiger partial charge on any atom is -0.370 e. The summed E-state index contributed by atoms with van der Waals surface area (Å²) in [5, 5.41) is 0.710. The lowest BCUT2D eigenvalue weighted by Gasteiger charge is -2.12. The van der Waals surface area contributed by atoms with Gasteiger partial charge < -0.3 is 4.74 Å². The highest BCUT2D eigenvalue weighted by molar-refractivity contribution is 9.10. The molecule has 20 heavy (non-hydrogen) atoms. The molecule has 0 spiro atoms. The summed E-state index contributed by atoms with van der Waals surface area (Å²) in [6.07, 6.45) is 1.82. The quantitative estimate of drug-likeness (QED) is 0.689. The van der Waals surface area contributed by atoms with Crippen molar-refractivity contribution in [3.8, 4) is 11.1 Å². The number of nitrogens with zero attached hydrogens (tertiary/aromatic N) is 2. The van der Waals surface area contributed by atoms with Crippen molar-refractivity contribution in [3.05, 3.63) is 44.9 Å². The topological polar surface area (TPSA) is 35.0 Å². The molecule has 0 bridgehead atoms. The van der Waals surface area contributed by atoms with Gasteiger partial charge in [-0.3, -0.25) is 0 Å². The predicted octanol–water partition coefficient (Wildman–Crippen LogP) is 5.06. The lowest BCUT2D eigenvalue weighted by Crippen LogP contribution is -2.04. The normalized spacial score (nSPS) is 18.4. The first kappa shape index (κ1) is 14.3. The van der Waals surface area contributed by atoms with E-state index in [1.165, 1.54) is 0 Å². The molecule has 0 aliphatic carbocycles. The van der Waals surface area contributed by atoms with Crippen LogP contribution in [0.4, 0.5) is 0 Å². The molecule has 1 saturated heterocycles. The summed E-state index contributed by atoms with van der Waals surface area (Å²) in [4.78, 5) is 8.70. The molecule has 0 saturated carbocycles. The van der Waals surface area contributed by atoms with Gasteiger partial charge in [0.15, 0.2) is 5.82 Å². The summed E-state index contributed by atoms with van der Waals surface area (Å²) in [7, 11) is 0. The number of aromatic nitrogens is 2. The number of rotatable bonds is 2. The maximum atomic E-state index is 6.29. The lowest BCUT2D eigenvalue weighted by molar-refractivity contribution is 0.105. The fraction of sp³-hybridized carbons (Fsp3) is 0.286. The monoisotopic (exact) mass is 372 g/mol. The molecule has 1 aromatic heterocycles. The number of benzene rings is 1. The average Bonchev–Trinajstić information content (AvgIpc) is 2.91. The Labute approximate surface area is 135 Å². The van der Waals surface area contributed by atoms with Crippen LogP contribution >= 0.6 is 39.1 Å². The van der Waals surface area contributed by atoms with Crippen molar-refractivity contribution < 1.29 is 4.74 Å². The second-order valence-electron chi connectivity index (χ2n) is 4.55. The van der Waals surface area contributed by atoms with Gasteiger partial charge in [0.25, 0.3) is 0 Å². The Balaban J connectivity index is 2.04. The summed E-state index contributed by atoms with van der Waals surface area (Å²) in [5.74, 6) is 0.566. The highest BCUT2D eigenvalue weighted by Gasteiger charge is 2.23. The maximum absolute atomic E-state index is 6.29. The van der Waals surface area contributed by atoms with E-state index in [4.69, 9.17) is 27.9 Å². The molecule has 1 atom stereocenters. The zero-order chi connectivity index (χ0) is 14.1. The third-order valence-electron chi connectivity index (χ3n) is 3.17. The van der Waals surface area contributed by atoms with Gasteiger partial charge in [0.1, 0.15) is 16.4 Å². The molecule has 3 nitrogen and oxygen atoms in total. The van der Waals surface area contributed by atoms with Crippen LogP contribution < -0.4 is 0 Å². The second kappa shape index (κ2) is 5.98. The molecule has 2 heterocycles. The predicted molar refractivity (Wildman–Crippen MR) is 83.1 cm³/mol. The summed E-state index contributed by atoms with van der Waals surface area (Å²) in [6.45, 7) is 0.733. The van der Waals surface area contributed by atoms with Crippen LogP contribution in [-0.4, -0.2) is 16.6 Å². The molecule has 6 heteroatoms. The fourth-order valence-corrected chi connectivity index (χ4v) is 3.25. The number of hydrogen-bond acceptors (Lipinski definition) is 3. The standard InChI is InChI=1S/C14H11BrCl2N2O/c15-9-4-1-3-8(7-9)11-12(16)18-14(19-13(11)17)10-5-2-6-20-10/h1,3-4,7,10H,2,5-6H2. The van der Waals surface area contributed by atoms with Gasteiger partial charge in [-0.05, 0) is 30.5 Å². The Morgan fingerprint density at radius 2 is 1.95 bits per heavy atom. The molecule has 2 aromatic rings. The smallest absolute Gasteiger partial charge is 0.160 e. The molecule has 1 aliphatic heterocycles. The van der Waals surface area contributed by atoms with Gasteiger partial charge in [-0.15, -0.1) is 0 Å². The molecule has 0 N–H and O–H groups in total. The first-order chi connectivity index (χ1) is 9.65. The first-order valence-electron chi connectivity index (χ1n) is 6.25. The molecule has 3 rings (SSSR count). The van der Waals surface area contributed by atoms with Crippen LogP contribution in [0.5, 0.6) is 0 Å². The van der Waals surface area contributed by atoms with Crippen molar-refractivity contribution in [3.63, 3.8) is 0 Å². The Bertz CT molecular complexity index is 622. The van der Waals surface area contributed by atoms with Gasteiger partial charge >= 0.3 is 0 Å². The van der Waals surface area contributed by atoms with E-state index in [9.17, 15) is 0 Å². The highest BCUT2D eigenvalue weighted by Crippen LogP contribution is 2.36. The Morgan fingerprint density at radius 1 is 1.20 bits per heavy atom. The van der Waals surface area contributed by atoms with Crippen LogP contribution in [0.3, 0.4) is 0 Å². The lowest BCUT2D eigenvalue weighted by atomic mass is 10.1. The zero-order valence-corrected chi connectivity index (χ0v) is 13.5. The maximum Gasteiger partial charge on any atom is 0.160 e. The zero-order valence-electron chi connectivity index (χ0n) is 10.4. The average molecular weight is 374 g/mol. The van der Waals surface area contributed by atoms with Crippen LogP contribution in [0.2, 0.25) is 10.3 Å². The fourth-order valence-electron chi connectivity index (χ4n) is 2.23. The third-order valence-corrected chi connectivity index (χ3v) is 4.21. The largest absolute Gasteiger partial charge is 0.370 e. The van der Waals surface area contributed by atoms with Gasteiger partial charge in [0.2, 0.25) is 0 Å². The second-order valence-corrected chi connectivity index (χ2v) is 6.18. The molecule has 0 amide bonds. The van der Waals surface area contributed by atoms with Gasteiger partial charge in [-0.2, -0.15) is 0 Å². The van der Waals surface area contributed by atoms with Crippen molar-refractivity contribution in [2.75, 3.05) is 6.61 Å². The van der Waals surface area contributed by atoms with Gasteiger partial charge in [0.05, 0.1) is 5.56 Å². The molecule has 1 aliphatic rings. The van der Waals surface area contributed by atoms with Crippen molar-refractivity contribution >= 4 is 39.1 Å². The van der Waals surface area contributed by atoms with E-state index in [0.717, 1.165) is 29.5 Å². The molecular weight excluding hydrogens is 363 g/mol.